The van der Waals surface area contributed by atoms with Crippen LogP contribution < -0.4 is 10.2 Å². The Balaban J connectivity index is -0.000000256. The Morgan fingerprint density at radius 1 is 0.684 bits per heavy atom. The second-order valence-corrected chi connectivity index (χ2v) is 4.37. The van der Waals surface area contributed by atoms with Gasteiger partial charge in [-0.15, -0.1) is 0 Å². The molecule has 0 bridgehead atoms. The molecule has 0 heterocycles. The molecule has 0 fully saturated rings. The molecule has 0 aliphatic carbocycles. The third-order valence-corrected chi connectivity index (χ3v) is 2.47. The van der Waals surface area contributed by atoms with Gasteiger partial charge in [0, 0.05) is 11.9 Å². The van der Waals surface area contributed by atoms with Crippen LogP contribution in [-0.2, 0) is 9.59 Å². The van der Waals surface area contributed by atoms with E-state index in [1.54, 1.807) is 0 Å². The molecule has 0 aliphatic heterocycles. The van der Waals surface area contributed by atoms with E-state index >= 15 is 0 Å². The molecule has 4 nitrogen and oxygen atoms in total. The summed E-state index contributed by atoms with van der Waals surface area (Å²) < 4.78 is 0. The summed E-state index contributed by atoms with van der Waals surface area (Å²) in [5.41, 5.74) is 0. The van der Waals surface area contributed by atoms with Crippen LogP contribution in [0.15, 0.2) is 0 Å². The minimum Gasteiger partial charge on any atom is -0.550 e. The number of carbonyl (C=O) groups is 2. The van der Waals surface area contributed by atoms with E-state index in [9.17, 15) is 19.8 Å². The second kappa shape index (κ2) is 20.8. The molecule has 0 aromatic rings. The Morgan fingerprint density at radius 3 is 1.21 bits per heavy atom. The quantitative estimate of drug-likeness (QED) is 0.409. The standard InChI is InChI=1S/2C7H14O2.Ba/c2*1-2-3-4-5-6-7(8)9;/h2*2-6H2,1H3,(H,8,9);/q;;+2/p-2. The van der Waals surface area contributed by atoms with Crippen molar-refractivity contribution in [1.29, 1.82) is 0 Å². The van der Waals surface area contributed by atoms with Gasteiger partial charge in [0.1, 0.15) is 0 Å². The van der Waals surface area contributed by atoms with Crippen molar-refractivity contribution in [2.45, 2.75) is 78.1 Å². The Morgan fingerprint density at radius 2 is 1.00 bits per heavy atom. The van der Waals surface area contributed by atoms with E-state index < -0.39 is 11.9 Å². The van der Waals surface area contributed by atoms with Gasteiger partial charge in [-0.1, -0.05) is 52.4 Å². The summed E-state index contributed by atoms with van der Waals surface area (Å²) in [5, 5.41) is 19.7. The Bertz CT molecular complexity index is 186. The zero-order valence-corrected chi connectivity index (χ0v) is 16.9. The Hall–Kier alpha value is 0.511. The summed E-state index contributed by atoms with van der Waals surface area (Å²) in [6.45, 7) is 4.19. The van der Waals surface area contributed by atoms with E-state index in [0.29, 0.717) is 0 Å². The first kappa shape index (κ1) is 24.5. The first-order chi connectivity index (χ1) is 8.54. The van der Waals surface area contributed by atoms with Gasteiger partial charge < -0.3 is 19.8 Å². The van der Waals surface area contributed by atoms with E-state index in [0.717, 1.165) is 51.4 Å². The summed E-state index contributed by atoms with van der Waals surface area (Å²) in [7, 11) is 0. The summed E-state index contributed by atoms with van der Waals surface area (Å²) in [5.74, 6) is -1.85. The molecule has 0 spiro atoms. The maximum Gasteiger partial charge on any atom is 2.00 e. The fraction of sp³-hybridized carbons (Fsp3) is 0.857. The first-order valence-corrected chi connectivity index (χ1v) is 6.94. The van der Waals surface area contributed by atoms with Gasteiger partial charge in [0.2, 0.25) is 0 Å². The summed E-state index contributed by atoms with van der Waals surface area (Å²) in [6, 6.07) is 0. The van der Waals surface area contributed by atoms with E-state index in [4.69, 9.17) is 0 Å². The molecule has 5 heteroatoms. The number of aliphatic carboxylic acids is 2. The van der Waals surface area contributed by atoms with Crippen LogP contribution in [0.4, 0.5) is 0 Å². The van der Waals surface area contributed by atoms with Crippen molar-refractivity contribution in [1.82, 2.24) is 0 Å². The van der Waals surface area contributed by atoms with Crippen LogP contribution >= 0.6 is 0 Å². The summed E-state index contributed by atoms with van der Waals surface area (Å²) in [4.78, 5) is 19.7. The van der Waals surface area contributed by atoms with Gasteiger partial charge in [0.05, 0.1) is 0 Å². The van der Waals surface area contributed by atoms with E-state index in [1.807, 2.05) is 0 Å². The van der Waals surface area contributed by atoms with Crippen LogP contribution in [0.3, 0.4) is 0 Å². The fourth-order valence-corrected chi connectivity index (χ4v) is 1.39. The van der Waals surface area contributed by atoms with Crippen molar-refractivity contribution >= 4 is 60.8 Å². The topological polar surface area (TPSA) is 80.3 Å². The van der Waals surface area contributed by atoms with Crippen LogP contribution in [0.5, 0.6) is 0 Å². The second-order valence-electron chi connectivity index (χ2n) is 4.37. The molecule has 0 atom stereocenters. The van der Waals surface area contributed by atoms with Crippen LogP contribution in [0.1, 0.15) is 78.1 Å². The average molecular weight is 396 g/mol. The smallest absolute Gasteiger partial charge is 0.550 e. The molecular formula is C14H26BaO4. The first-order valence-electron chi connectivity index (χ1n) is 6.94. The minimum atomic E-state index is -0.925. The zero-order chi connectivity index (χ0) is 14.2. The van der Waals surface area contributed by atoms with Crippen molar-refractivity contribution in [3.63, 3.8) is 0 Å². The molecule has 0 amide bonds. The van der Waals surface area contributed by atoms with Gasteiger partial charge in [0.25, 0.3) is 0 Å². The third kappa shape index (κ3) is 32.2. The Labute approximate surface area is 157 Å². The molecule has 0 rings (SSSR count). The molecule has 108 valence electrons. The minimum absolute atomic E-state index is 0. The number of rotatable bonds is 10. The number of unbranched alkanes of at least 4 members (excludes halogenated alkanes) is 6. The number of carbonyl (C=O) groups excluding carboxylic acids is 2. The van der Waals surface area contributed by atoms with Gasteiger partial charge in [-0.2, -0.15) is 0 Å². The van der Waals surface area contributed by atoms with Crippen molar-refractivity contribution < 1.29 is 19.8 Å². The largest absolute Gasteiger partial charge is 2.00 e. The molecule has 0 aromatic carbocycles. The maximum absolute atomic E-state index is 9.85. The SMILES string of the molecule is CCCCCCC(=O)[O-].CCCCCCC(=O)[O-].[Ba+2]. The van der Waals surface area contributed by atoms with Crippen LogP contribution in [-0.4, -0.2) is 60.8 Å². The normalized spacial score (nSPS) is 8.95. The maximum atomic E-state index is 9.85. The zero-order valence-electron chi connectivity index (χ0n) is 12.4. The molecule has 0 aromatic heterocycles. The van der Waals surface area contributed by atoms with E-state index in [-0.39, 0.29) is 61.7 Å². The molecule has 0 radical (unpaired) electrons. The summed E-state index contributed by atoms with van der Waals surface area (Å²) in [6.07, 6.45) is 8.59. The number of hydrogen-bond acceptors (Lipinski definition) is 4. The fourth-order valence-electron chi connectivity index (χ4n) is 1.39. The van der Waals surface area contributed by atoms with Crippen LogP contribution in [0.2, 0.25) is 0 Å². The van der Waals surface area contributed by atoms with E-state index in [2.05, 4.69) is 13.8 Å². The molecule has 0 aliphatic rings. The molecule has 0 N–H and O–H groups in total. The predicted molar refractivity (Wildman–Crippen MR) is 73.3 cm³/mol. The number of carboxylic acid groups (broad SMARTS) is 2. The molecule has 0 saturated heterocycles. The van der Waals surface area contributed by atoms with Crippen molar-refractivity contribution in [3.05, 3.63) is 0 Å². The molecular weight excluding hydrogens is 369 g/mol. The van der Waals surface area contributed by atoms with Gasteiger partial charge in [-0.3, -0.25) is 0 Å². The van der Waals surface area contributed by atoms with Crippen molar-refractivity contribution in [3.8, 4) is 0 Å². The monoisotopic (exact) mass is 396 g/mol. The summed E-state index contributed by atoms with van der Waals surface area (Å²) >= 11 is 0. The van der Waals surface area contributed by atoms with Crippen molar-refractivity contribution in [2.24, 2.45) is 0 Å². The van der Waals surface area contributed by atoms with Crippen LogP contribution in [0.25, 0.3) is 0 Å². The Kier molecular flexibility index (Phi) is 26.9. The third-order valence-electron chi connectivity index (χ3n) is 2.47. The average Bonchev–Trinajstić information content (AvgIpc) is 2.31. The number of carboxylic acids is 2. The van der Waals surface area contributed by atoms with Gasteiger partial charge in [-0.05, 0) is 25.7 Å². The predicted octanol–water partition coefficient (Wildman–Crippen LogP) is 1.03. The van der Waals surface area contributed by atoms with E-state index in [1.165, 1.54) is 0 Å². The molecule has 0 unspecified atom stereocenters. The van der Waals surface area contributed by atoms with Gasteiger partial charge >= 0.3 is 48.9 Å². The van der Waals surface area contributed by atoms with Crippen LogP contribution in [0, 0.1) is 0 Å². The number of hydrogen-bond donors (Lipinski definition) is 0. The van der Waals surface area contributed by atoms with Gasteiger partial charge in [0.15, 0.2) is 0 Å². The van der Waals surface area contributed by atoms with Gasteiger partial charge in [-0.25, -0.2) is 0 Å². The van der Waals surface area contributed by atoms with Crippen molar-refractivity contribution in [2.75, 3.05) is 0 Å². The molecule has 19 heavy (non-hydrogen) atoms. The molecule has 0 saturated carbocycles.